The van der Waals surface area contributed by atoms with Crippen molar-refractivity contribution in [1.29, 1.82) is 0 Å². The van der Waals surface area contributed by atoms with Crippen molar-refractivity contribution in [3.8, 4) is 11.5 Å². The largest absolute Gasteiger partial charge is 0.456 e. The van der Waals surface area contributed by atoms with Gasteiger partial charge in [-0.05, 0) is 64.9 Å². The molecular formula is C17H19BrINO. The lowest BCUT2D eigenvalue weighted by Crippen LogP contribution is -2.19. The van der Waals surface area contributed by atoms with Crippen molar-refractivity contribution in [3.63, 3.8) is 0 Å². The van der Waals surface area contributed by atoms with Gasteiger partial charge in [-0.2, -0.15) is 0 Å². The first-order chi connectivity index (χ1) is 10.1. The van der Waals surface area contributed by atoms with E-state index in [1.807, 2.05) is 36.4 Å². The fourth-order valence-corrected chi connectivity index (χ4v) is 2.88. The van der Waals surface area contributed by atoms with Gasteiger partial charge >= 0.3 is 0 Å². The molecule has 0 radical (unpaired) electrons. The van der Waals surface area contributed by atoms with Gasteiger partial charge in [0.2, 0.25) is 0 Å². The van der Waals surface area contributed by atoms with Crippen molar-refractivity contribution < 1.29 is 4.74 Å². The first-order valence-electron chi connectivity index (χ1n) is 6.98. The van der Waals surface area contributed by atoms with E-state index < -0.39 is 0 Å². The minimum atomic E-state index is 0.659. The molecule has 0 saturated heterocycles. The molecule has 0 aliphatic heterocycles. The van der Waals surface area contributed by atoms with Crippen LogP contribution in [0.3, 0.4) is 0 Å². The third-order valence-electron chi connectivity index (χ3n) is 2.96. The minimum absolute atomic E-state index is 0.659. The normalized spacial score (nSPS) is 10.9. The molecule has 0 heterocycles. The number of hydrogen-bond donors (Lipinski definition) is 1. The summed E-state index contributed by atoms with van der Waals surface area (Å²) in [6, 6.07) is 14.1. The van der Waals surface area contributed by atoms with Crippen molar-refractivity contribution in [1.82, 2.24) is 5.32 Å². The zero-order chi connectivity index (χ0) is 15.2. The molecule has 0 atom stereocenters. The SMILES string of the molecule is CC(C)CNCc1ccc(Oc2ccccc2I)cc1Br. The molecule has 1 N–H and O–H groups in total. The molecule has 0 unspecified atom stereocenters. The lowest BCUT2D eigenvalue weighted by Gasteiger charge is -2.12. The molecular weight excluding hydrogens is 441 g/mol. The Kier molecular flexibility index (Phi) is 6.51. The minimum Gasteiger partial charge on any atom is -0.456 e. The van der Waals surface area contributed by atoms with Gasteiger partial charge in [-0.1, -0.05) is 48.0 Å². The topological polar surface area (TPSA) is 21.3 Å². The van der Waals surface area contributed by atoms with Crippen molar-refractivity contribution in [3.05, 3.63) is 56.1 Å². The number of rotatable bonds is 6. The van der Waals surface area contributed by atoms with E-state index in [1.54, 1.807) is 0 Å². The quantitative estimate of drug-likeness (QED) is 0.568. The molecule has 0 amide bonds. The van der Waals surface area contributed by atoms with E-state index in [-0.39, 0.29) is 0 Å². The van der Waals surface area contributed by atoms with Crippen molar-refractivity contribution in [2.45, 2.75) is 20.4 Å². The van der Waals surface area contributed by atoms with Gasteiger partial charge in [0.1, 0.15) is 11.5 Å². The summed E-state index contributed by atoms with van der Waals surface area (Å²) in [6.07, 6.45) is 0. The summed E-state index contributed by atoms with van der Waals surface area (Å²) in [5.41, 5.74) is 1.24. The second-order valence-electron chi connectivity index (χ2n) is 5.31. The molecule has 2 aromatic carbocycles. The highest BCUT2D eigenvalue weighted by Crippen LogP contribution is 2.29. The van der Waals surface area contributed by atoms with Crippen LogP contribution in [0.1, 0.15) is 19.4 Å². The van der Waals surface area contributed by atoms with E-state index in [2.05, 4.69) is 63.8 Å². The van der Waals surface area contributed by atoms with Gasteiger partial charge in [0, 0.05) is 11.0 Å². The lowest BCUT2D eigenvalue weighted by atomic mass is 10.2. The van der Waals surface area contributed by atoms with Crippen LogP contribution in [-0.2, 0) is 6.54 Å². The Morgan fingerprint density at radius 3 is 2.62 bits per heavy atom. The molecule has 0 bridgehead atoms. The Labute approximate surface area is 148 Å². The van der Waals surface area contributed by atoms with E-state index in [4.69, 9.17) is 4.74 Å². The standard InChI is InChI=1S/C17H19BrINO/c1-12(2)10-20-11-13-7-8-14(9-15(13)18)21-17-6-4-3-5-16(17)19/h3-9,12,20H,10-11H2,1-2H3. The van der Waals surface area contributed by atoms with Gasteiger partial charge in [-0.25, -0.2) is 0 Å². The Bertz CT molecular complexity index is 601. The molecule has 0 aromatic heterocycles. The number of benzene rings is 2. The van der Waals surface area contributed by atoms with Crippen molar-refractivity contribution >= 4 is 38.5 Å². The summed E-state index contributed by atoms with van der Waals surface area (Å²) in [4.78, 5) is 0. The van der Waals surface area contributed by atoms with Gasteiger partial charge in [0.05, 0.1) is 3.57 Å². The molecule has 2 aromatic rings. The first-order valence-corrected chi connectivity index (χ1v) is 8.85. The van der Waals surface area contributed by atoms with Gasteiger partial charge in [0.15, 0.2) is 0 Å². The molecule has 112 valence electrons. The zero-order valence-electron chi connectivity index (χ0n) is 12.2. The summed E-state index contributed by atoms with van der Waals surface area (Å²) in [5.74, 6) is 2.39. The number of ether oxygens (including phenoxy) is 1. The monoisotopic (exact) mass is 459 g/mol. The predicted octanol–water partition coefficient (Wildman–Crippen LogP) is 5.59. The Balaban J connectivity index is 2.03. The first kappa shape index (κ1) is 16.8. The molecule has 4 heteroatoms. The van der Waals surface area contributed by atoms with E-state index in [9.17, 15) is 0 Å². The van der Waals surface area contributed by atoms with Crippen LogP contribution in [0.2, 0.25) is 0 Å². The maximum atomic E-state index is 5.93. The number of hydrogen-bond acceptors (Lipinski definition) is 2. The van der Waals surface area contributed by atoms with Crippen LogP contribution < -0.4 is 10.1 Å². The molecule has 21 heavy (non-hydrogen) atoms. The van der Waals surface area contributed by atoms with Gasteiger partial charge in [0.25, 0.3) is 0 Å². The zero-order valence-corrected chi connectivity index (χ0v) is 15.9. The van der Waals surface area contributed by atoms with Crippen molar-refractivity contribution in [2.75, 3.05) is 6.54 Å². The number of halogens is 2. The molecule has 0 aliphatic carbocycles. The van der Waals surface area contributed by atoms with E-state index in [0.29, 0.717) is 5.92 Å². The third kappa shape index (κ3) is 5.27. The summed E-state index contributed by atoms with van der Waals surface area (Å²) in [6.45, 7) is 6.30. The Morgan fingerprint density at radius 2 is 1.95 bits per heavy atom. The van der Waals surface area contributed by atoms with Crippen LogP contribution in [0.25, 0.3) is 0 Å². The Hall–Kier alpha value is -0.590. The van der Waals surface area contributed by atoms with Crippen LogP contribution in [-0.4, -0.2) is 6.54 Å². The van der Waals surface area contributed by atoms with Crippen LogP contribution in [0.5, 0.6) is 11.5 Å². The smallest absolute Gasteiger partial charge is 0.140 e. The average Bonchev–Trinajstić information content (AvgIpc) is 2.43. The molecule has 0 spiro atoms. The molecule has 0 aliphatic rings. The number of nitrogens with one attached hydrogen (secondary N) is 1. The highest BCUT2D eigenvalue weighted by atomic mass is 127. The van der Waals surface area contributed by atoms with Gasteiger partial charge in [-0.3, -0.25) is 0 Å². The molecule has 2 rings (SSSR count). The maximum Gasteiger partial charge on any atom is 0.140 e. The van der Waals surface area contributed by atoms with Gasteiger partial charge < -0.3 is 10.1 Å². The van der Waals surface area contributed by atoms with Crippen LogP contribution in [0.15, 0.2) is 46.9 Å². The second-order valence-corrected chi connectivity index (χ2v) is 7.33. The third-order valence-corrected chi connectivity index (χ3v) is 4.59. The predicted molar refractivity (Wildman–Crippen MR) is 99.9 cm³/mol. The van der Waals surface area contributed by atoms with Crippen molar-refractivity contribution in [2.24, 2.45) is 5.92 Å². The molecule has 2 nitrogen and oxygen atoms in total. The molecule has 0 saturated carbocycles. The van der Waals surface area contributed by atoms with Gasteiger partial charge in [-0.15, -0.1) is 0 Å². The summed E-state index contributed by atoms with van der Waals surface area (Å²) < 4.78 is 8.11. The van der Waals surface area contributed by atoms with Crippen LogP contribution in [0, 0.1) is 9.49 Å². The van der Waals surface area contributed by atoms with Crippen LogP contribution in [0.4, 0.5) is 0 Å². The fraction of sp³-hybridized carbons (Fsp3) is 0.294. The highest BCUT2D eigenvalue weighted by Gasteiger charge is 2.05. The average molecular weight is 460 g/mol. The number of para-hydroxylation sites is 1. The fourth-order valence-electron chi connectivity index (χ4n) is 1.88. The second kappa shape index (κ2) is 8.15. The lowest BCUT2D eigenvalue weighted by molar-refractivity contribution is 0.478. The maximum absolute atomic E-state index is 5.93. The van der Waals surface area contributed by atoms with E-state index in [1.165, 1.54) is 5.56 Å². The Morgan fingerprint density at radius 1 is 1.19 bits per heavy atom. The summed E-state index contributed by atoms with van der Waals surface area (Å²) in [7, 11) is 0. The highest BCUT2D eigenvalue weighted by molar-refractivity contribution is 14.1. The van der Waals surface area contributed by atoms with Crippen LogP contribution >= 0.6 is 38.5 Å². The molecule has 0 fully saturated rings. The van der Waals surface area contributed by atoms with E-state index >= 15 is 0 Å². The summed E-state index contributed by atoms with van der Waals surface area (Å²) >= 11 is 5.90. The van der Waals surface area contributed by atoms with E-state index in [0.717, 1.165) is 32.6 Å². The summed E-state index contributed by atoms with van der Waals surface area (Å²) in [5, 5.41) is 3.45.